The number of nitrogens with one attached hydrogen (secondary N) is 2. The highest BCUT2D eigenvalue weighted by Crippen LogP contribution is 2.21. The number of thiocarbonyl (C=S) groups is 1. The van der Waals surface area contributed by atoms with Crippen LogP contribution in [0.5, 0.6) is 0 Å². The average Bonchev–Trinajstić information content (AvgIpc) is 2.60. The summed E-state index contributed by atoms with van der Waals surface area (Å²) in [4.78, 5) is 14.6. The van der Waals surface area contributed by atoms with Gasteiger partial charge in [0.1, 0.15) is 0 Å². The zero-order valence-electron chi connectivity index (χ0n) is 17.0. The van der Waals surface area contributed by atoms with Crippen LogP contribution >= 0.6 is 12.2 Å². The van der Waals surface area contributed by atoms with Gasteiger partial charge < -0.3 is 20.3 Å². The van der Waals surface area contributed by atoms with Gasteiger partial charge in [0.2, 0.25) is 0 Å². The number of esters is 1. The lowest BCUT2D eigenvalue weighted by molar-refractivity contribution is 0.0525. The van der Waals surface area contributed by atoms with Crippen LogP contribution < -0.4 is 10.6 Å². The Morgan fingerprint density at radius 2 is 2.00 bits per heavy atom. The zero-order valence-corrected chi connectivity index (χ0v) is 17.8. The van der Waals surface area contributed by atoms with Crippen LogP contribution in [0, 0.1) is 18.8 Å². The normalized spacial score (nSPS) is 20.1. The molecule has 1 saturated heterocycles. The number of carbonyl (C=O) groups excluding carboxylic acids is 1. The fourth-order valence-electron chi connectivity index (χ4n) is 3.85. The largest absolute Gasteiger partial charge is 0.462 e. The van der Waals surface area contributed by atoms with E-state index >= 15 is 0 Å². The predicted octanol–water partition coefficient (Wildman–Crippen LogP) is 3.83. The molecule has 1 aromatic carbocycles. The van der Waals surface area contributed by atoms with E-state index < -0.39 is 0 Å². The van der Waals surface area contributed by atoms with Crippen LogP contribution in [0.4, 0.5) is 5.69 Å². The third-order valence-corrected chi connectivity index (χ3v) is 5.20. The van der Waals surface area contributed by atoms with E-state index in [0.717, 1.165) is 42.6 Å². The van der Waals surface area contributed by atoms with E-state index in [2.05, 4.69) is 29.4 Å². The highest BCUT2D eigenvalue weighted by Gasteiger charge is 2.21. The first kappa shape index (κ1) is 21.6. The number of piperidine rings is 1. The van der Waals surface area contributed by atoms with Crippen LogP contribution in [0.1, 0.15) is 49.5 Å². The molecule has 1 fully saturated rings. The smallest absolute Gasteiger partial charge is 0.338 e. The first-order valence-corrected chi connectivity index (χ1v) is 10.4. The monoisotopic (exact) mass is 391 g/mol. The number of hydrogen-bond donors (Lipinski definition) is 2. The van der Waals surface area contributed by atoms with E-state index in [9.17, 15) is 4.79 Å². The van der Waals surface area contributed by atoms with Gasteiger partial charge in [-0.3, -0.25) is 0 Å². The number of ether oxygens (including phenoxy) is 1. The maximum atomic E-state index is 12.0. The van der Waals surface area contributed by atoms with Gasteiger partial charge in [-0.15, -0.1) is 0 Å². The Kier molecular flexibility index (Phi) is 8.51. The summed E-state index contributed by atoms with van der Waals surface area (Å²) < 4.78 is 5.10. The van der Waals surface area contributed by atoms with Crippen molar-refractivity contribution in [2.45, 2.75) is 40.5 Å². The Bertz CT molecular complexity index is 640. The molecule has 6 heteroatoms. The van der Waals surface area contributed by atoms with Gasteiger partial charge in [0, 0.05) is 25.3 Å². The number of hydrogen-bond acceptors (Lipinski definition) is 4. The summed E-state index contributed by atoms with van der Waals surface area (Å²) in [6.45, 7) is 13.1. The minimum Gasteiger partial charge on any atom is -0.462 e. The van der Waals surface area contributed by atoms with Crippen LogP contribution in [0.3, 0.4) is 0 Å². The van der Waals surface area contributed by atoms with Crippen LogP contribution in [0.2, 0.25) is 0 Å². The lowest BCUT2D eigenvalue weighted by atomic mass is 9.92. The molecule has 0 aliphatic carbocycles. The molecule has 0 aromatic heterocycles. The summed E-state index contributed by atoms with van der Waals surface area (Å²) >= 11 is 5.41. The Labute approximate surface area is 168 Å². The van der Waals surface area contributed by atoms with Gasteiger partial charge in [0.15, 0.2) is 5.11 Å². The molecule has 0 unspecified atom stereocenters. The lowest BCUT2D eigenvalue weighted by Gasteiger charge is -2.35. The molecule has 0 radical (unpaired) electrons. The maximum absolute atomic E-state index is 12.0. The van der Waals surface area contributed by atoms with Crippen molar-refractivity contribution in [1.82, 2.24) is 10.2 Å². The Morgan fingerprint density at radius 3 is 2.67 bits per heavy atom. The molecule has 0 bridgehead atoms. The summed E-state index contributed by atoms with van der Waals surface area (Å²) in [7, 11) is 0. The summed E-state index contributed by atoms with van der Waals surface area (Å²) in [6.07, 6.45) is 2.40. The SMILES string of the molecule is CCOC(=O)c1cccc(NC(=S)NCCCN2C[C@H](C)C[C@@H](C)C2)c1C. The van der Waals surface area contributed by atoms with Crippen molar-refractivity contribution >= 4 is 29.0 Å². The van der Waals surface area contributed by atoms with E-state index in [0.29, 0.717) is 17.3 Å². The van der Waals surface area contributed by atoms with Gasteiger partial charge in [-0.25, -0.2) is 4.79 Å². The van der Waals surface area contributed by atoms with Crippen molar-refractivity contribution in [2.75, 3.05) is 38.1 Å². The molecular formula is C21H33N3O2S. The third kappa shape index (κ3) is 6.78. The fraction of sp³-hybridized carbons (Fsp3) is 0.619. The number of benzene rings is 1. The minimum absolute atomic E-state index is 0.303. The second-order valence-corrected chi connectivity index (χ2v) is 8.05. The van der Waals surface area contributed by atoms with Gasteiger partial charge in [-0.1, -0.05) is 19.9 Å². The van der Waals surface area contributed by atoms with Crippen LogP contribution in [-0.4, -0.2) is 48.8 Å². The van der Waals surface area contributed by atoms with Crippen molar-refractivity contribution in [3.8, 4) is 0 Å². The van der Waals surface area contributed by atoms with Crippen LogP contribution in [-0.2, 0) is 4.74 Å². The van der Waals surface area contributed by atoms with E-state index in [-0.39, 0.29) is 5.97 Å². The van der Waals surface area contributed by atoms with Gasteiger partial charge >= 0.3 is 5.97 Å². The molecular weight excluding hydrogens is 358 g/mol. The van der Waals surface area contributed by atoms with Gasteiger partial charge in [0.25, 0.3) is 0 Å². The predicted molar refractivity (Wildman–Crippen MR) is 115 cm³/mol. The zero-order chi connectivity index (χ0) is 19.8. The van der Waals surface area contributed by atoms with Gasteiger partial charge in [0.05, 0.1) is 12.2 Å². The van der Waals surface area contributed by atoms with E-state index in [1.54, 1.807) is 13.0 Å². The van der Waals surface area contributed by atoms with Gasteiger partial charge in [-0.2, -0.15) is 0 Å². The van der Waals surface area contributed by atoms with E-state index in [1.165, 1.54) is 19.5 Å². The molecule has 0 spiro atoms. The number of carbonyl (C=O) groups is 1. The number of anilines is 1. The highest BCUT2D eigenvalue weighted by atomic mass is 32.1. The van der Waals surface area contributed by atoms with Crippen molar-refractivity contribution in [1.29, 1.82) is 0 Å². The fourth-order valence-corrected chi connectivity index (χ4v) is 4.06. The highest BCUT2D eigenvalue weighted by molar-refractivity contribution is 7.80. The maximum Gasteiger partial charge on any atom is 0.338 e. The molecule has 1 aromatic rings. The quantitative estimate of drug-likeness (QED) is 0.419. The second-order valence-electron chi connectivity index (χ2n) is 7.64. The van der Waals surface area contributed by atoms with E-state index in [4.69, 9.17) is 17.0 Å². The Morgan fingerprint density at radius 1 is 1.30 bits per heavy atom. The van der Waals surface area contributed by atoms with Crippen LogP contribution in [0.25, 0.3) is 0 Å². The minimum atomic E-state index is -0.303. The lowest BCUT2D eigenvalue weighted by Crippen LogP contribution is -2.40. The summed E-state index contributed by atoms with van der Waals surface area (Å²) in [5, 5.41) is 7.05. The van der Waals surface area contributed by atoms with Crippen LogP contribution in [0.15, 0.2) is 18.2 Å². The molecule has 27 heavy (non-hydrogen) atoms. The molecule has 150 valence electrons. The summed E-state index contributed by atoms with van der Waals surface area (Å²) in [5.41, 5.74) is 2.24. The van der Waals surface area contributed by atoms with Crippen molar-refractivity contribution in [3.05, 3.63) is 29.3 Å². The topological polar surface area (TPSA) is 53.6 Å². The van der Waals surface area contributed by atoms with E-state index in [1.807, 2.05) is 19.1 Å². The molecule has 2 atom stereocenters. The third-order valence-electron chi connectivity index (χ3n) is 4.96. The number of likely N-dealkylation sites (tertiary alicyclic amines) is 1. The molecule has 1 heterocycles. The second kappa shape index (κ2) is 10.6. The molecule has 0 amide bonds. The average molecular weight is 392 g/mol. The number of rotatable bonds is 7. The molecule has 2 rings (SSSR count). The van der Waals surface area contributed by atoms with Gasteiger partial charge in [-0.05, 0) is 75.0 Å². The molecule has 0 saturated carbocycles. The van der Waals surface area contributed by atoms with Crippen molar-refractivity contribution < 1.29 is 9.53 Å². The van der Waals surface area contributed by atoms with Crippen molar-refractivity contribution in [3.63, 3.8) is 0 Å². The Balaban J connectivity index is 1.77. The molecule has 1 aliphatic heterocycles. The summed E-state index contributed by atoms with van der Waals surface area (Å²) in [6, 6.07) is 5.53. The molecule has 1 aliphatic rings. The molecule has 5 nitrogen and oxygen atoms in total. The van der Waals surface area contributed by atoms with Crippen molar-refractivity contribution in [2.24, 2.45) is 11.8 Å². The number of nitrogens with zero attached hydrogens (tertiary/aromatic N) is 1. The standard InChI is InChI=1S/C21H33N3O2S/c1-5-26-20(25)18-8-6-9-19(17(18)4)23-21(27)22-10-7-11-24-13-15(2)12-16(3)14-24/h6,8-9,15-16H,5,7,10-14H2,1-4H3,(H2,22,23,27)/t15-,16-/m1/s1. The molecule has 2 N–H and O–H groups in total. The first-order chi connectivity index (χ1) is 12.9. The summed E-state index contributed by atoms with van der Waals surface area (Å²) in [5.74, 6) is 1.28. The first-order valence-electron chi connectivity index (χ1n) is 9.94. The Hall–Kier alpha value is -1.66.